The smallest absolute Gasteiger partial charge is 0.0799 e. The largest absolute Gasteiger partial charge is 0.369 e. The minimum Gasteiger partial charge on any atom is -0.369 e. The third-order valence-electron chi connectivity index (χ3n) is 7.72. The summed E-state index contributed by atoms with van der Waals surface area (Å²) >= 11 is 0. The Labute approximate surface area is 198 Å². The zero-order chi connectivity index (χ0) is 22.9. The molecule has 0 radical (unpaired) electrons. The number of piperidine rings is 1. The van der Waals surface area contributed by atoms with Gasteiger partial charge in [-0.05, 0) is 77.4 Å². The van der Waals surface area contributed by atoms with Crippen LogP contribution >= 0.6 is 0 Å². The molecule has 4 heterocycles. The van der Waals surface area contributed by atoms with Gasteiger partial charge < -0.3 is 9.88 Å². The zero-order valence-electron chi connectivity index (χ0n) is 20.8. The number of fused-ring (bicyclic) bond motifs is 1. The van der Waals surface area contributed by atoms with Crippen LogP contribution in [-0.2, 0) is 6.54 Å². The molecule has 2 aliphatic heterocycles. The minimum atomic E-state index is 0.633. The number of rotatable bonds is 5. The first-order chi connectivity index (χ1) is 16.0. The summed E-state index contributed by atoms with van der Waals surface area (Å²) in [6.07, 6.45) is 4.02. The molecule has 0 amide bonds. The second-order valence-electron chi connectivity index (χ2n) is 10.3. The quantitative estimate of drug-likeness (QED) is 0.574. The Kier molecular flexibility index (Phi) is 6.44. The number of hydrogen-bond acceptors (Lipinski definition) is 4. The van der Waals surface area contributed by atoms with Crippen LogP contribution in [-0.4, -0.2) is 65.1 Å². The number of likely N-dealkylation sites (tertiary alicyclic amines) is 1. The second-order valence-corrected chi connectivity index (χ2v) is 10.3. The molecule has 5 rings (SSSR count). The number of piperazine rings is 1. The maximum absolute atomic E-state index is 5.05. The molecule has 2 fully saturated rings. The van der Waals surface area contributed by atoms with Crippen LogP contribution in [0.4, 0.5) is 5.69 Å². The first-order valence-electron chi connectivity index (χ1n) is 12.8. The van der Waals surface area contributed by atoms with Crippen molar-refractivity contribution in [2.45, 2.75) is 59.5 Å². The Morgan fingerprint density at radius 2 is 1.61 bits per heavy atom. The number of aromatic amines is 1. The number of anilines is 1. The summed E-state index contributed by atoms with van der Waals surface area (Å²) in [4.78, 5) is 16.4. The maximum atomic E-state index is 5.05. The summed E-state index contributed by atoms with van der Waals surface area (Å²) in [6, 6.07) is 12.1. The Hall–Kier alpha value is -2.37. The van der Waals surface area contributed by atoms with Crippen molar-refractivity contribution >= 4 is 16.6 Å². The molecule has 33 heavy (non-hydrogen) atoms. The lowest BCUT2D eigenvalue weighted by molar-refractivity contribution is 0.209. The fourth-order valence-corrected chi connectivity index (χ4v) is 5.48. The van der Waals surface area contributed by atoms with E-state index in [0.29, 0.717) is 6.04 Å². The van der Waals surface area contributed by atoms with Gasteiger partial charge in [0.1, 0.15) is 0 Å². The zero-order valence-corrected chi connectivity index (χ0v) is 20.8. The van der Waals surface area contributed by atoms with E-state index in [2.05, 4.69) is 77.7 Å². The van der Waals surface area contributed by atoms with Gasteiger partial charge in [-0.15, -0.1) is 0 Å². The molecule has 0 atom stereocenters. The monoisotopic (exact) mass is 445 g/mol. The summed E-state index contributed by atoms with van der Waals surface area (Å²) in [5.41, 5.74) is 8.56. The van der Waals surface area contributed by atoms with Gasteiger partial charge in [0.15, 0.2) is 0 Å². The molecule has 2 aromatic heterocycles. The van der Waals surface area contributed by atoms with E-state index in [0.717, 1.165) is 44.1 Å². The van der Waals surface area contributed by atoms with E-state index in [9.17, 15) is 0 Å². The van der Waals surface area contributed by atoms with Crippen molar-refractivity contribution in [1.82, 2.24) is 19.8 Å². The number of hydrogen-bond donors (Lipinski definition) is 1. The van der Waals surface area contributed by atoms with Crippen LogP contribution in [0.2, 0.25) is 0 Å². The molecular formula is C28H39N5. The average Bonchev–Trinajstić information content (AvgIpc) is 3.26. The van der Waals surface area contributed by atoms with E-state index in [4.69, 9.17) is 4.98 Å². The van der Waals surface area contributed by atoms with Crippen molar-refractivity contribution in [2.75, 3.05) is 44.2 Å². The fourth-order valence-electron chi connectivity index (χ4n) is 5.48. The fraction of sp³-hybridized carbons (Fsp3) is 0.536. The first kappa shape index (κ1) is 22.4. The Morgan fingerprint density at radius 3 is 2.27 bits per heavy atom. The molecule has 1 N–H and O–H groups in total. The molecular weight excluding hydrogens is 406 g/mol. The van der Waals surface area contributed by atoms with Gasteiger partial charge in [0, 0.05) is 66.8 Å². The van der Waals surface area contributed by atoms with Crippen molar-refractivity contribution in [3.8, 4) is 11.3 Å². The van der Waals surface area contributed by atoms with E-state index in [1.807, 2.05) is 0 Å². The highest BCUT2D eigenvalue weighted by atomic mass is 15.3. The molecule has 0 bridgehead atoms. The van der Waals surface area contributed by atoms with Crippen molar-refractivity contribution in [3.63, 3.8) is 0 Å². The first-order valence-corrected chi connectivity index (χ1v) is 12.8. The van der Waals surface area contributed by atoms with Gasteiger partial charge in [0.25, 0.3) is 0 Å². The normalized spacial score (nSPS) is 18.5. The van der Waals surface area contributed by atoms with Crippen LogP contribution in [0.3, 0.4) is 0 Å². The van der Waals surface area contributed by atoms with Crippen LogP contribution in [0.25, 0.3) is 22.2 Å². The average molecular weight is 446 g/mol. The van der Waals surface area contributed by atoms with Gasteiger partial charge in [-0.2, -0.15) is 0 Å². The molecule has 5 nitrogen and oxygen atoms in total. The van der Waals surface area contributed by atoms with Crippen LogP contribution in [0.15, 0.2) is 30.3 Å². The summed E-state index contributed by atoms with van der Waals surface area (Å²) < 4.78 is 0. The molecule has 0 spiro atoms. The molecule has 0 aliphatic carbocycles. The number of nitrogens with zero attached hydrogens (tertiary/aromatic N) is 4. The number of pyridine rings is 1. The third kappa shape index (κ3) is 4.67. The van der Waals surface area contributed by atoms with E-state index in [1.165, 1.54) is 65.8 Å². The Balaban J connectivity index is 1.40. The lowest BCUT2D eigenvalue weighted by atomic mass is 10.0. The molecule has 0 unspecified atom stereocenters. The summed E-state index contributed by atoms with van der Waals surface area (Å²) in [5, 5.41) is 1.25. The molecule has 2 saturated heterocycles. The summed E-state index contributed by atoms with van der Waals surface area (Å²) in [5.74, 6) is 0. The molecule has 176 valence electrons. The predicted molar refractivity (Wildman–Crippen MR) is 139 cm³/mol. The van der Waals surface area contributed by atoms with E-state index in [-0.39, 0.29) is 0 Å². The van der Waals surface area contributed by atoms with Gasteiger partial charge >= 0.3 is 0 Å². The molecule has 3 aromatic rings. The van der Waals surface area contributed by atoms with Gasteiger partial charge in [-0.1, -0.05) is 18.6 Å². The summed E-state index contributed by atoms with van der Waals surface area (Å²) in [7, 11) is 0. The minimum absolute atomic E-state index is 0.633. The molecule has 2 aliphatic rings. The standard InChI is InChI=1S/C28H39N5/c1-20(2)32-14-16-33(17-15-32)25-10-8-23(9-11-25)28-26-18-24(19-31-12-6-5-7-13-31)30-27(26)21(3)22(4)29-28/h8-11,18,20,30H,5-7,12-17,19H2,1-4H3. The topological polar surface area (TPSA) is 38.4 Å². The van der Waals surface area contributed by atoms with Crippen LogP contribution in [0, 0.1) is 13.8 Å². The van der Waals surface area contributed by atoms with Crippen molar-refractivity contribution in [2.24, 2.45) is 0 Å². The number of aromatic nitrogens is 2. The van der Waals surface area contributed by atoms with Crippen LogP contribution in [0.1, 0.15) is 50.1 Å². The maximum Gasteiger partial charge on any atom is 0.0799 e. The Bertz CT molecular complexity index is 1080. The predicted octanol–water partition coefficient (Wildman–Crippen LogP) is 5.36. The van der Waals surface area contributed by atoms with Crippen molar-refractivity contribution < 1.29 is 0 Å². The van der Waals surface area contributed by atoms with Gasteiger partial charge in [0.2, 0.25) is 0 Å². The van der Waals surface area contributed by atoms with Crippen LogP contribution in [0.5, 0.6) is 0 Å². The SMILES string of the molecule is Cc1nc(-c2ccc(N3CCN(C(C)C)CC3)cc2)c2cc(CN3CCCCC3)[nH]c2c1C. The second kappa shape index (κ2) is 9.47. The number of aryl methyl sites for hydroxylation is 2. The van der Waals surface area contributed by atoms with E-state index < -0.39 is 0 Å². The molecule has 1 aromatic carbocycles. The van der Waals surface area contributed by atoms with Gasteiger partial charge in [0.05, 0.1) is 11.2 Å². The number of benzene rings is 1. The lowest BCUT2D eigenvalue weighted by Gasteiger charge is -2.38. The molecule has 0 saturated carbocycles. The van der Waals surface area contributed by atoms with E-state index >= 15 is 0 Å². The van der Waals surface area contributed by atoms with E-state index in [1.54, 1.807) is 0 Å². The van der Waals surface area contributed by atoms with Crippen molar-refractivity contribution in [3.05, 3.63) is 47.3 Å². The van der Waals surface area contributed by atoms with Crippen LogP contribution < -0.4 is 4.90 Å². The van der Waals surface area contributed by atoms with Gasteiger partial charge in [-0.3, -0.25) is 14.8 Å². The Morgan fingerprint density at radius 1 is 0.909 bits per heavy atom. The van der Waals surface area contributed by atoms with Gasteiger partial charge in [-0.25, -0.2) is 0 Å². The molecule has 5 heteroatoms. The van der Waals surface area contributed by atoms with Crippen molar-refractivity contribution in [1.29, 1.82) is 0 Å². The highest BCUT2D eigenvalue weighted by Crippen LogP contribution is 2.32. The number of H-pyrrole nitrogens is 1. The lowest BCUT2D eigenvalue weighted by Crippen LogP contribution is -2.48. The summed E-state index contributed by atoms with van der Waals surface area (Å²) in [6.45, 7) is 16.8. The third-order valence-corrected chi connectivity index (χ3v) is 7.72. The highest BCUT2D eigenvalue weighted by Gasteiger charge is 2.20. The highest BCUT2D eigenvalue weighted by molar-refractivity contribution is 5.95. The number of nitrogens with one attached hydrogen (secondary N) is 1.